The number of fused-ring (bicyclic) bond motifs is 3. The number of halogens is 1. The first-order valence-electron chi connectivity index (χ1n) is 10.6. The van der Waals surface area contributed by atoms with Crippen molar-refractivity contribution in [1.82, 2.24) is 9.97 Å². The van der Waals surface area contributed by atoms with Crippen LogP contribution in [-0.4, -0.2) is 23.1 Å². The Morgan fingerprint density at radius 3 is 2.66 bits per heavy atom. The summed E-state index contributed by atoms with van der Waals surface area (Å²) in [6.45, 7) is 0. The molecule has 2 aliphatic rings. The summed E-state index contributed by atoms with van der Waals surface area (Å²) in [6.07, 6.45) is 10.3. The Morgan fingerprint density at radius 1 is 1.07 bits per heavy atom. The van der Waals surface area contributed by atoms with Gasteiger partial charge in [0, 0.05) is 27.9 Å². The van der Waals surface area contributed by atoms with Crippen LogP contribution < -0.4 is 4.90 Å². The molecular formula is C23H26ClN3S2. The van der Waals surface area contributed by atoms with E-state index in [1.165, 1.54) is 82.7 Å². The largest absolute Gasteiger partial charge is 0.356 e. The summed E-state index contributed by atoms with van der Waals surface area (Å²) < 4.78 is 0. The number of thioether (sulfide) groups is 1. The maximum atomic E-state index is 6.02. The van der Waals surface area contributed by atoms with Crippen LogP contribution in [0.4, 0.5) is 5.82 Å². The minimum absolute atomic E-state index is 0.607. The number of nitrogens with zero attached hydrogens (tertiary/aromatic N) is 3. The molecule has 29 heavy (non-hydrogen) atoms. The van der Waals surface area contributed by atoms with Crippen molar-refractivity contribution in [3.8, 4) is 0 Å². The van der Waals surface area contributed by atoms with E-state index >= 15 is 0 Å². The molecule has 2 heterocycles. The lowest BCUT2D eigenvalue weighted by atomic mass is 9.94. The van der Waals surface area contributed by atoms with Gasteiger partial charge in [-0.05, 0) is 61.9 Å². The topological polar surface area (TPSA) is 29.0 Å². The van der Waals surface area contributed by atoms with E-state index in [1.807, 2.05) is 23.5 Å². The molecule has 0 bridgehead atoms. The number of anilines is 1. The van der Waals surface area contributed by atoms with Crippen LogP contribution in [0.3, 0.4) is 0 Å². The Balaban J connectivity index is 1.49. The van der Waals surface area contributed by atoms with Crippen molar-refractivity contribution in [2.45, 2.75) is 68.1 Å². The second-order valence-electron chi connectivity index (χ2n) is 8.15. The minimum atomic E-state index is 0.607. The number of hydrogen-bond acceptors (Lipinski definition) is 5. The van der Waals surface area contributed by atoms with Gasteiger partial charge in [-0.15, -0.1) is 23.1 Å². The third-order valence-corrected chi connectivity index (χ3v) is 8.68. The van der Waals surface area contributed by atoms with Crippen LogP contribution in [0.1, 0.15) is 54.8 Å². The van der Waals surface area contributed by atoms with E-state index in [4.69, 9.17) is 21.6 Å². The van der Waals surface area contributed by atoms with E-state index in [2.05, 4.69) is 24.1 Å². The maximum Gasteiger partial charge on any atom is 0.142 e. The molecule has 152 valence electrons. The molecule has 1 aromatic carbocycles. The molecule has 1 fully saturated rings. The zero-order valence-electron chi connectivity index (χ0n) is 16.8. The highest BCUT2D eigenvalue weighted by atomic mass is 35.5. The summed E-state index contributed by atoms with van der Waals surface area (Å²) in [6, 6.07) is 8.64. The number of hydrogen-bond donors (Lipinski definition) is 0. The first-order valence-corrected chi connectivity index (χ1v) is 12.8. The van der Waals surface area contributed by atoms with Crippen molar-refractivity contribution in [3.05, 3.63) is 45.6 Å². The molecule has 1 saturated carbocycles. The number of thiophene rings is 1. The van der Waals surface area contributed by atoms with Gasteiger partial charge in [-0.1, -0.05) is 30.9 Å². The first kappa shape index (κ1) is 19.7. The molecule has 0 amide bonds. The average molecular weight is 444 g/mol. The zero-order chi connectivity index (χ0) is 19.8. The lowest BCUT2D eigenvalue weighted by molar-refractivity contribution is 0.426. The summed E-state index contributed by atoms with van der Waals surface area (Å²) in [4.78, 5) is 16.5. The van der Waals surface area contributed by atoms with E-state index in [1.54, 1.807) is 11.8 Å². The molecule has 3 aromatic rings. The third-order valence-electron chi connectivity index (χ3n) is 6.23. The summed E-state index contributed by atoms with van der Waals surface area (Å²) in [5.74, 6) is 2.90. The van der Waals surface area contributed by atoms with E-state index in [9.17, 15) is 0 Å². The normalized spacial score (nSPS) is 17.0. The fourth-order valence-electron chi connectivity index (χ4n) is 4.66. The highest BCUT2D eigenvalue weighted by Gasteiger charge is 2.27. The molecule has 2 aromatic heterocycles. The first-order chi connectivity index (χ1) is 14.2. The van der Waals surface area contributed by atoms with E-state index < -0.39 is 0 Å². The second kappa shape index (κ2) is 8.44. The van der Waals surface area contributed by atoms with Gasteiger partial charge in [-0.2, -0.15) is 0 Å². The van der Waals surface area contributed by atoms with Crippen LogP contribution in [0.5, 0.6) is 0 Å². The average Bonchev–Trinajstić information content (AvgIpc) is 3.34. The summed E-state index contributed by atoms with van der Waals surface area (Å²) in [5.41, 5.74) is 1.53. The lowest BCUT2D eigenvalue weighted by Crippen LogP contribution is -2.34. The maximum absolute atomic E-state index is 6.02. The van der Waals surface area contributed by atoms with Crippen molar-refractivity contribution < 1.29 is 0 Å². The van der Waals surface area contributed by atoms with Crippen molar-refractivity contribution >= 4 is 50.7 Å². The van der Waals surface area contributed by atoms with Gasteiger partial charge in [0.1, 0.15) is 16.5 Å². The Bertz CT molecular complexity index is 1010. The third kappa shape index (κ3) is 4.01. The van der Waals surface area contributed by atoms with Crippen molar-refractivity contribution in [1.29, 1.82) is 0 Å². The molecule has 2 aliphatic carbocycles. The molecule has 0 aliphatic heterocycles. The Morgan fingerprint density at radius 2 is 1.86 bits per heavy atom. The quantitative estimate of drug-likeness (QED) is 0.401. The highest BCUT2D eigenvalue weighted by molar-refractivity contribution is 7.98. The van der Waals surface area contributed by atoms with Gasteiger partial charge in [0.25, 0.3) is 0 Å². The van der Waals surface area contributed by atoms with Gasteiger partial charge in [0.15, 0.2) is 0 Å². The van der Waals surface area contributed by atoms with Crippen LogP contribution in [0.15, 0.2) is 29.2 Å². The molecule has 0 radical (unpaired) electrons. The molecule has 0 spiro atoms. The van der Waals surface area contributed by atoms with Crippen LogP contribution in [0, 0.1) is 0 Å². The fraction of sp³-hybridized carbons (Fsp3) is 0.478. The second-order valence-corrected chi connectivity index (χ2v) is 10.7. The van der Waals surface area contributed by atoms with Gasteiger partial charge in [-0.3, -0.25) is 0 Å². The monoisotopic (exact) mass is 443 g/mol. The SMILES string of the molecule is CN(c1nc(CSc2ccc(Cl)cc2)nc2sc3c(c12)CCC3)C1CCCCC1. The van der Waals surface area contributed by atoms with Crippen LogP contribution in [-0.2, 0) is 18.6 Å². The van der Waals surface area contributed by atoms with Crippen molar-refractivity contribution in [3.63, 3.8) is 0 Å². The smallest absolute Gasteiger partial charge is 0.142 e. The van der Waals surface area contributed by atoms with Crippen LogP contribution >= 0.6 is 34.7 Å². The summed E-state index contributed by atoms with van der Waals surface area (Å²) in [7, 11) is 2.26. The van der Waals surface area contributed by atoms with Crippen LogP contribution in [0.2, 0.25) is 5.02 Å². The summed E-state index contributed by atoms with van der Waals surface area (Å²) in [5, 5.41) is 2.12. The predicted molar refractivity (Wildman–Crippen MR) is 126 cm³/mol. The predicted octanol–water partition coefficient (Wildman–Crippen LogP) is 6.89. The van der Waals surface area contributed by atoms with Gasteiger partial charge in [0.2, 0.25) is 0 Å². The molecule has 0 atom stereocenters. The number of rotatable bonds is 5. The highest BCUT2D eigenvalue weighted by Crippen LogP contribution is 2.42. The molecule has 3 nitrogen and oxygen atoms in total. The van der Waals surface area contributed by atoms with Crippen LogP contribution in [0.25, 0.3) is 10.2 Å². The van der Waals surface area contributed by atoms with E-state index in [0.717, 1.165) is 16.6 Å². The fourth-order valence-corrected chi connectivity index (χ4v) is 6.81. The lowest BCUT2D eigenvalue weighted by Gasteiger charge is -2.32. The molecule has 0 unspecified atom stereocenters. The van der Waals surface area contributed by atoms with Gasteiger partial charge < -0.3 is 4.90 Å². The van der Waals surface area contributed by atoms with Gasteiger partial charge in [0.05, 0.1) is 11.1 Å². The van der Waals surface area contributed by atoms with Crippen molar-refractivity contribution in [2.75, 3.05) is 11.9 Å². The van der Waals surface area contributed by atoms with E-state index in [-0.39, 0.29) is 0 Å². The Hall–Kier alpha value is -1.30. The number of benzene rings is 1. The number of aryl methyl sites for hydroxylation is 2. The summed E-state index contributed by atoms with van der Waals surface area (Å²) >= 11 is 9.70. The van der Waals surface area contributed by atoms with Crippen molar-refractivity contribution in [2.24, 2.45) is 0 Å². The Kier molecular flexibility index (Phi) is 5.72. The zero-order valence-corrected chi connectivity index (χ0v) is 19.2. The standard InChI is InChI=1S/C23H26ClN3S2/c1-27(16-6-3-2-4-7-16)22-21-18-8-5-9-19(18)29-23(21)26-20(25-22)14-28-17-12-10-15(24)11-13-17/h10-13,16H,2-9,14H2,1H3. The van der Waals surface area contributed by atoms with Gasteiger partial charge in [-0.25, -0.2) is 9.97 Å². The molecular weight excluding hydrogens is 418 g/mol. The molecule has 5 rings (SSSR count). The molecule has 6 heteroatoms. The van der Waals surface area contributed by atoms with Gasteiger partial charge >= 0.3 is 0 Å². The Labute approximate surface area is 185 Å². The molecule has 0 saturated heterocycles. The number of aromatic nitrogens is 2. The van der Waals surface area contributed by atoms with E-state index in [0.29, 0.717) is 6.04 Å². The minimum Gasteiger partial charge on any atom is -0.356 e. The molecule has 0 N–H and O–H groups in total.